The van der Waals surface area contributed by atoms with Crippen molar-refractivity contribution in [3.8, 4) is 17.1 Å². The largest absolute Gasteiger partial charge is 0.494 e. The van der Waals surface area contributed by atoms with Gasteiger partial charge in [-0.15, -0.1) is 0 Å². The van der Waals surface area contributed by atoms with Crippen molar-refractivity contribution in [3.63, 3.8) is 0 Å². The second kappa shape index (κ2) is 5.01. The number of rotatable bonds is 5. The Morgan fingerprint density at radius 2 is 2.32 bits per heavy atom. The standard InChI is InChI=1S/C14H15FN2O2/c1-18-13-6-9(2-5-11(13)15)14-12(17-8-19-14)7-16-10-3-4-10/h2,5-6,8,10,16H,3-4,7H2,1H3. The third kappa shape index (κ3) is 2.61. The van der Waals surface area contributed by atoms with Gasteiger partial charge in [-0.2, -0.15) is 0 Å². The van der Waals surface area contributed by atoms with E-state index in [0.717, 1.165) is 11.3 Å². The van der Waals surface area contributed by atoms with E-state index in [1.807, 2.05) is 0 Å². The van der Waals surface area contributed by atoms with Crippen LogP contribution < -0.4 is 10.1 Å². The van der Waals surface area contributed by atoms with Crippen LogP contribution in [0.2, 0.25) is 0 Å². The van der Waals surface area contributed by atoms with Crippen LogP contribution in [0.25, 0.3) is 11.3 Å². The maximum atomic E-state index is 13.4. The minimum atomic E-state index is -0.386. The third-order valence-corrected chi connectivity index (χ3v) is 3.19. The summed E-state index contributed by atoms with van der Waals surface area (Å²) in [5.41, 5.74) is 1.60. The van der Waals surface area contributed by atoms with Gasteiger partial charge < -0.3 is 14.5 Å². The first kappa shape index (κ1) is 12.2. The fourth-order valence-corrected chi connectivity index (χ4v) is 1.96. The summed E-state index contributed by atoms with van der Waals surface area (Å²) in [7, 11) is 1.44. The molecule has 3 rings (SSSR count). The number of methoxy groups -OCH3 is 1. The van der Waals surface area contributed by atoms with Crippen molar-refractivity contribution < 1.29 is 13.5 Å². The molecule has 1 N–H and O–H groups in total. The Hall–Kier alpha value is -1.88. The van der Waals surface area contributed by atoms with Crippen LogP contribution in [-0.2, 0) is 6.54 Å². The Labute approximate surface area is 110 Å². The molecule has 0 bridgehead atoms. The zero-order valence-electron chi connectivity index (χ0n) is 10.6. The Bertz CT molecular complexity index is 579. The quantitative estimate of drug-likeness (QED) is 0.900. The van der Waals surface area contributed by atoms with Crippen molar-refractivity contribution in [1.82, 2.24) is 10.3 Å². The van der Waals surface area contributed by atoms with E-state index in [2.05, 4.69) is 10.3 Å². The molecule has 0 spiro atoms. The molecule has 1 aliphatic carbocycles. The molecule has 0 atom stereocenters. The van der Waals surface area contributed by atoms with Crippen LogP contribution in [0.4, 0.5) is 4.39 Å². The maximum Gasteiger partial charge on any atom is 0.181 e. The number of hydrogen-bond acceptors (Lipinski definition) is 4. The van der Waals surface area contributed by atoms with Gasteiger partial charge in [0.1, 0.15) is 5.69 Å². The predicted octanol–water partition coefficient (Wildman–Crippen LogP) is 2.74. The molecule has 1 saturated carbocycles. The molecular weight excluding hydrogens is 247 g/mol. The second-order valence-corrected chi connectivity index (χ2v) is 4.63. The molecule has 0 unspecified atom stereocenters. The van der Waals surface area contributed by atoms with Gasteiger partial charge in [0.15, 0.2) is 23.7 Å². The first-order valence-corrected chi connectivity index (χ1v) is 6.27. The highest BCUT2D eigenvalue weighted by Crippen LogP contribution is 2.29. The molecule has 0 amide bonds. The van der Waals surface area contributed by atoms with E-state index in [4.69, 9.17) is 9.15 Å². The van der Waals surface area contributed by atoms with Crippen molar-refractivity contribution in [1.29, 1.82) is 0 Å². The summed E-state index contributed by atoms with van der Waals surface area (Å²) < 4.78 is 23.8. The normalized spacial score (nSPS) is 14.6. The first-order valence-electron chi connectivity index (χ1n) is 6.27. The molecule has 1 heterocycles. The summed E-state index contributed by atoms with van der Waals surface area (Å²) in [6.45, 7) is 0.663. The lowest BCUT2D eigenvalue weighted by Crippen LogP contribution is -2.15. The van der Waals surface area contributed by atoms with E-state index in [9.17, 15) is 4.39 Å². The molecule has 0 aliphatic heterocycles. The molecule has 1 fully saturated rings. The average molecular weight is 262 g/mol. The van der Waals surface area contributed by atoms with E-state index in [1.165, 1.54) is 32.4 Å². The summed E-state index contributed by atoms with van der Waals surface area (Å²) in [6, 6.07) is 5.26. The van der Waals surface area contributed by atoms with Crippen LogP contribution in [0, 0.1) is 5.82 Å². The number of hydrogen-bond donors (Lipinski definition) is 1. The van der Waals surface area contributed by atoms with Crippen molar-refractivity contribution in [3.05, 3.63) is 36.1 Å². The lowest BCUT2D eigenvalue weighted by atomic mass is 10.1. The van der Waals surface area contributed by atoms with Gasteiger partial charge in [-0.3, -0.25) is 0 Å². The zero-order valence-corrected chi connectivity index (χ0v) is 10.6. The fourth-order valence-electron chi connectivity index (χ4n) is 1.96. The van der Waals surface area contributed by atoms with Crippen molar-refractivity contribution in [2.24, 2.45) is 0 Å². The summed E-state index contributed by atoms with van der Waals surface area (Å²) in [5.74, 6) is 0.477. The van der Waals surface area contributed by atoms with Gasteiger partial charge in [0, 0.05) is 18.2 Å². The Balaban J connectivity index is 1.86. The number of benzene rings is 1. The van der Waals surface area contributed by atoms with E-state index < -0.39 is 0 Å². The summed E-state index contributed by atoms with van der Waals surface area (Å²) in [4.78, 5) is 4.21. The van der Waals surface area contributed by atoms with Crippen LogP contribution in [0.1, 0.15) is 18.5 Å². The Morgan fingerprint density at radius 3 is 3.05 bits per heavy atom. The number of ether oxygens (including phenoxy) is 1. The van der Waals surface area contributed by atoms with E-state index in [-0.39, 0.29) is 11.6 Å². The summed E-state index contributed by atoms with van der Waals surface area (Å²) in [5, 5.41) is 3.38. The number of oxazole rings is 1. The molecule has 4 nitrogen and oxygen atoms in total. The predicted molar refractivity (Wildman–Crippen MR) is 68.3 cm³/mol. The molecule has 1 aliphatic rings. The third-order valence-electron chi connectivity index (χ3n) is 3.19. The van der Waals surface area contributed by atoms with Gasteiger partial charge in [-0.25, -0.2) is 9.37 Å². The smallest absolute Gasteiger partial charge is 0.181 e. The van der Waals surface area contributed by atoms with Crippen molar-refractivity contribution in [2.75, 3.05) is 7.11 Å². The zero-order chi connectivity index (χ0) is 13.2. The van der Waals surface area contributed by atoms with E-state index in [0.29, 0.717) is 18.3 Å². The summed E-state index contributed by atoms with van der Waals surface area (Å²) >= 11 is 0. The number of nitrogens with one attached hydrogen (secondary N) is 1. The highest BCUT2D eigenvalue weighted by Gasteiger charge is 2.22. The van der Waals surface area contributed by atoms with Gasteiger partial charge in [-0.05, 0) is 31.0 Å². The first-order chi connectivity index (χ1) is 9.28. The van der Waals surface area contributed by atoms with Crippen LogP contribution in [0.15, 0.2) is 29.0 Å². The maximum absolute atomic E-state index is 13.4. The number of aromatic nitrogens is 1. The van der Waals surface area contributed by atoms with Crippen LogP contribution >= 0.6 is 0 Å². The van der Waals surface area contributed by atoms with Gasteiger partial charge in [0.05, 0.1) is 7.11 Å². The second-order valence-electron chi connectivity index (χ2n) is 4.63. The fraction of sp³-hybridized carbons (Fsp3) is 0.357. The number of halogens is 1. The Morgan fingerprint density at radius 1 is 1.47 bits per heavy atom. The Kier molecular flexibility index (Phi) is 3.21. The lowest BCUT2D eigenvalue weighted by molar-refractivity contribution is 0.386. The molecular formula is C14H15FN2O2. The van der Waals surface area contributed by atoms with Gasteiger partial charge in [0.2, 0.25) is 0 Å². The summed E-state index contributed by atoms with van der Waals surface area (Å²) in [6.07, 6.45) is 3.85. The molecule has 2 aromatic rings. The van der Waals surface area contributed by atoms with Crippen molar-refractivity contribution in [2.45, 2.75) is 25.4 Å². The molecule has 1 aromatic heterocycles. The molecule has 19 heavy (non-hydrogen) atoms. The minimum absolute atomic E-state index is 0.204. The molecule has 0 saturated heterocycles. The SMILES string of the molecule is COc1cc(-c2ocnc2CNC2CC2)ccc1F. The molecule has 5 heteroatoms. The van der Waals surface area contributed by atoms with Crippen LogP contribution in [0.5, 0.6) is 5.75 Å². The van der Waals surface area contributed by atoms with Crippen molar-refractivity contribution >= 4 is 0 Å². The lowest BCUT2D eigenvalue weighted by Gasteiger charge is -2.06. The highest BCUT2D eigenvalue weighted by atomic mass is 19.1. The van der Waals surface area contributed by atoms with E-state index >= 15 is 0 Å². The number of nitrogens with zero attached hydrogens (tertiary/aromatic N) is 1. The molecule has 1 aromatic carbocycles. The topological polar surface area (TPSA) is 47.3 Å². The highest BCUT2D eigenvalue weighted by molar-refractivity contribution is 5.61. The molecule has 0 radical (unpaired) electrons. The van der Waals surface area contributed by atoms with Crippen LogP contribution in [0.3, 0.4) is 0 Å². The monoisotopic (exact) mass is 262 g/mol. The van der Waals surface area contributed by atoms with Crippen LogP contribution in [-0.4, -0.2) is 18.1 Å². The average Bonchev–Trinajstić information content (AvgIpc) is 3.14. The molecule has 100 valence electrons. The van der Waals surface area contributed by atoms with E-state index in [1.54, 1.807) is 12.1 Å². The van der Waals surface area contributed by atoms with Gasteiger partial charge in [-0.1, -0.05) is 0 Å². The van der Waals surface area contributed by atoms with Gasteiger partial charge >= 0.3 is 0 Å². The minimum Gasteiger partial charge on any atom is -0.494 e. The van der Waals surface area contributed by atoms with Gasteiger partial charge in [0.25, 0.3) is 0 Å².